The molecule has 0 saturated carbocycles. The number of hydrogen-bond acceptors (Lipinski definition) is 5. The molecule has 0 aliphatic rings. The Morgan fingerprint density at radius 2 is 2.16 bits per heavy atom. The molecule has 0 atom stereocenters. The molecule has 5 nitrogen and oxygen atoms in total. The number of thiazole rings is 1. The van der Waals surface area contributed by atoms with E-state index in [2.05, 4.69) is 36.1 Å². The number of nitrogens with two attached hydrogens (primary N) is 1. The van der Waals surface area contributed by atoms with Gasteiger partial charge >= 0.3 is 0 Å². The number of nitrogens with one attached hydrogen (secondary N) is 1. The van der Waals surface area contributed by atoms with E-state index in [1.807, 2.05) is 5.38 Å². The van der Waals surface area contributed by atoms with Gasteiger partial charge in [-0.1, -0.05) is 20.8 Å². The van der Waals surface area contributed by atoms with Crippen LogP contribution in [0, 0.1) is 0 Å². The molecule has 0 saturated heterocycles. The zero-order chi connectivity index (χ0) is 14.0. The maximum atomic E-state index is 12.0. The molecule has 2 aromatic heterocycles. The van der Waals surface area contributed by atoms with Crippen molar-refractivity contribution in [3.05, 3.63) is 35.1 Å². The molecular formula is C13H16N4OS. The second-order valence-corrected chi connectivity index (χ2v) is 6.06. The summed E-state index contributed by atoms with van der Waals surface area (Å²) in [4.78, 5) is 20.3. The molecule has 0 radical (unpaired) electrons. The van der Waals surface area contributed by atoms with E-state index in [0.29, 0.717) is 16.4 Å². The monoisotopic (exact) mass is 276 g/mol. The Morgan fingerprint density at radius 1 is 1.42 bits per heavy atom. The van der Waals surface area contributed by atoms with Crippen LogP contribution < -0.4 is 11.1 Å². The number of rotatable bonds is 2. The van der Waals surface area contributed by atoms with Crippen molar-refractivity contribution in [1.82, 2.24) is 9.97 Å². The summed E-state index contributed by atoms with van der Waals surface area (Å²) in [5, 5.41) is 5.25. The zero-order valence-electron chi connectivity index (χ0n) is 11.1. The van der Waals surface area contributed by atoms with E-state index in [-0.39, 0.29) is 11.3 Å². The van der Waals surface area contributed by atoms with Gasteiger partial charge in [-0.25, -0.2) is 4.98 Å². The molecule has 0 bridgehead atoms. The normalized spacial score (nSPS) is 11.3. The Kier molecular flexibility index (Phi) is 3.53. The van der Waals surface area contributed by atoms with Crippen LogP contribution in [0.5, 0.6) is 0 Å². The van der Waals surface area contributed by atoms with Crippen LogP contribution in [-0.2, 0) is 5.41 Å². The van der Waals surface area contributed by atoms with Crippen molar-refractivity contribution in [2.24, 2.45) is 0 Å². The van der Waals surface area contributed by atoms with Crippen molar-refractivity contribution in [3.63, 3.8) is 0 Å². The maximum Gasteiger partial charge on any atom is 0.261 e. The molecule has 0 aliphatic heterocycles. The Hall–Kier alpha value is -1.95. The highest BCUT2D eigenvalue weighted by atomic mass is 32.1. The summed E-state index contributed by atoms with van der Waals surface area (Å²) in [5.41, 5.74) is 7.41. The van der Waals surface area contributed by atoms with Gasteiger partial charge in [0.1, 0.15) is 0 Å². The first-order valence-corrected chi connectivity index (χ1v) is 6.73. The van der Waals surface area contributed by atoms with Gasteiger partial charge in [-0.05, 0) is 6.07 Å². The third-order valence-electron chi connectivity index (χ3n) is 2.59. The van der Waals surface area contributed by atoms with Crippen molar-refractivity contribution >= 4 is 28.1 Å². The molecule has 0 unspecified atom stereocenters. The molecule has 19 heavy (non-hydrogen) atoms. The van der Waals surface area contributed by atoms with E-state index >= 15 is 0 Å². The second kappa shape index (κ2) is 4.97. The molecule has 1 amide bonds. The number of anilines is 2. The lowest BCUT2D eigenvalue weighted by molar-refractivity contribution is 0.102. The van der Waals surface area contributed by atoms with Gasteiger partial charge in [0.15, 0.2) is 5.13 Å². The first-order valence-electron chi connectivity index (χ1n) is 5.85. The predicted octanol–water partition coefficient (Wildman–Crippen LogP) is 2.67. The van der Waals surface area contributed by atoms with Gasteiger partial charge in [0, 0.05) is 28.9 Å². The maximum absolute atomic E-state index is 12.0. The van der Waals surface area contributed by atoms with Crippen molar-refractivity contribution in [3.8, 4) is 0 Å². The highest BCUT2D eigenvalue weighted by Gasteiger charge is 2.18. The van der Waals surface area contributed by atoms with Crippen LogP contribution in [0.4, 0.5) is 10.8 Å². The van der Waals surface area contributed by atoms with E-state index in [1.165, 1.54) is 17.5 Å². The lowest BCUT2D eigenvalue weighted by atomic mass is 9.93. The summed E-state index contributed by atoms with van der Waals surface area (Å²) >= 11 is 1.40. The quantitative estimate of drug-likeness (QED) is 0.883. The van der Waals surface area contributed by atoms with E-state index in [4.69, 9.17) is 5.73 Å². The first kappa shape index (κ1) is 13.5. The number of nitrogens with zero attached hydrogens (tertiary/aromatic N) is 2. The van der Waals surface area contributed by atoms with Crippen LogP contribution in [0.25, 0.3) is 0 Å². The van der Waals surface area contributed by atoms with E-state index < -0.39 is 0 Å². The molecule has 2 aromatic rings. The van der Waals surface area contributed by atoms with Crippen LogP contribution >= 0.6 is 11.3 Å². The van der Waals surface area contributed by atoms with Gasteiger partial charge < -0.3 is 5.73 Å². The molecule has 0 aliphatic carbocycles. The summed E-state index contributed by atoms with van der Waals surface area (Å²) < 4.78 is 0. The minimum absolute atomic E-state index is 0.0349. The average Bonchev–Trinajstić information content (AvgIpc) is 2.77. The molecule has 2 heterocycles. The Balaban J connectivity index is 2.16. The Labute approximate surface area is 115 Å². The highest BCUT2D eigenvalue weighted by Crippen LogP contribution is 2.26. The van der Waals surface area contributed by atoms with Crippen molar-refractivity contribution in [2.75, 3.05) is 11.1 Å². The summed E-state index contributed by atoms with van der Waals surface area (Å²) in [6.45, 7) is 6.23. The standard InChI is InChI=1S/C13H16N4OS/c1-13(2,3)10-7-19-12(16-10)17-11(18)8-6-15-5-4-9(8)14/h4-7H,1-3H3,(H2,14,15)(H,16,17,18). The van der Waals surface area contributed by atoms with Crippen LogP contribution in [0.15, 0.2) is 23.8 Å². The van der Waals surface area contributed by atoms with Gasteiger partial charge in [0.2, 0.25) is 0 Å². The van der Waals surface area contributed by atoms with E-state index in [9.17, 15) is 4.79 Å². The van der Waals surface area contributed by atoms with Gasteiger partial charge in [0.05, 0.1) is 11.3 Å². The molecule has 2 rings (SSSR count). The smallest absolute Gasteiger partial charge is 0.261 e. The number of carbonyl (C=O) groups excluding carboxylic acids is 1. The lowest BCUT2D eigenvalue weighted by Gasteiger charge is -2.14. The Morgan fingerprint density at radius 3 is 2.74 bits per heavy atom. The van der Waals surface area contributed by atoms with Crippen LogP contribution in [0.3, 0.4) is 0 Å². The number of aromatic nitrogens is 2. The summed E-state index contributed by atoms with van der Waals surface area (Å²) in [6.07, 6.45) is 3.00. The van der Waals surface area contributed by atoms with E-state index in [0.717, 1.165) is 5.69 Å². The van der Waals surface area contributed by atoms with Crippen LogP contribution in [0.1, 0.15) is 36.8 Å². The van der Waals surface area contributed by atoms with Crippen molar-refractivity contribution in [2.45, 2.75) is 26.2 Å². The fraction of sp³-hybridized carbons (Fsp3) is 0.308. The highest BCUT2D eigenvalue weighted by molar-refractivity contribution is 7.14. The number of nitrogen functional groups attached to an aromatic ring is 1. The first-order chi connectivity index (χ1) is 8.88. The summed E-state index contributed by atoms with van der Waals surface area (Å²) in [5.74, 6) is -0.291. The largest absolute Gasteiger partial charge is 0.398 e. The molecule has 0 spiro atoms. The van der Waals surface area contributed by atoms with Gasteiger partial charge in [-0.15, -0.1) is 11.3 Å². The van der Waals surface area contributed by atoms with Crippen LogP contribution in [0.2, 0.25) is 0 Å². The third kappa shape index (κ3) is 3.08. The summed E-state index contributed by atoms with van der Waals surface area (Å²) in [6, 6.07) is 1.59. The average molecular weight is 276 g/mol. The Bertz CT molecular complexity index is 601. The fourth-order valence-electron chi connectivity index (χ4n) is 1.44. The van der Waals surface area contributed by atoms with Crippen molar-refractivity contribution in [1.29, 1.82) is 0 Å². The summed E-state index contributed by atoms with van der Waals surface area (Å²) in [7, 11) is 0. The molecule has 0 aromatic carbocycles. The van der Waals surface area contributed by atoms with E-state index in [1.54, 1.807) is 12.3 Å². The number of carbonyl (C=O) groups is 1. The predicted molar refractivity (Wildman–Crippen MR) is 77.4 cm³/mol. The molecular weight excluding hydrogens is 260 g/mol. The van der Waals surface area contributed by atoms with Gasteiger partial charge in [-0.3, -0.25) is 15.1 Å². The molecule has 6 heteroatoms. The second-order valence-electron chi connectivity index (χ2n) is 5.20. The SMILES string of the molecule is CC(C)(C)c1csc(NC(=O)c2cnccc2N)n1. The molecule has 0 fully saturated rings. The zero-order valence-corrected chi connectivity index (χ0v) is 11.9. The third-order valence-corrected chi connectivity index (χ3v) is 3.35. The van der Waals surface area contributed by atoms with Gasteiger partial charge in [0.25, 0.3) is 5.91 Å². The number of amides is 1. The lowest BCUT2D eigenvalue weighted by Crippen LogP contribution is -2.15. The number of hydrogen-bond donors (Lipinski definition) is 2. The topological polar surface area (TPSA) is 80.9 Å². The minimum atomic E-state index is -0.291. The van der Waals surface area contributed by atoms with Gasteiger partial charge in [-0.2, -0.15) is 0 Å². The van der Waals surface area contributed by atoms with Crippen LogP contribution in [-0.4, -0.2) is 15.9 Å². The molecule has 100 valence electrons. The van der Waals surface area contributed by atoms with Crippen molar-refractivity contribution < 1.29 is 4.79 Å². The molecule has 3 N–H and O–H groups in total. The fourth-order valence-corrected chi connectivity index (χ4v) is 2.37. The minimum Gasteiger partial charge on any atom is -0.398 e. The number of pyridine rings is 1.